The van der Waals surface area contributed by atoms with Gasteiger partial charge in [0.05, 0.1) is 0 Å². The molecule has 0 fully saturated rings. The van der Waals surface area contributed by atoms with E-state index in [-0.39, 0.29) is 12.0 Å². The van der Waals surface area contributed by atoms with Gasteiger partial charge in [-0.1, -0.05) is 0 Å². The van der Waals surface area contributed by atoms with Gasteiger partial charge >= 0.3 is 6.09 Å². The third kappa shape index (κ3) is 5.47. The lowest BCUT2D eigenvalue weighted by molar-refractivity contribution is 0.0287. The Morgan fingerprint density at radius 3 is 2.43 bits per heavy atom. The maximum atomic E-state index is 11.4. The molecule has 3 heteroatoms. The van der Waals surface area contributed by atoms with E-state index in [9.17, 15) is 4.79 Å². The topological polar surface area (TPSA) is 29.5 Å². The Kier molecular flexibility index (Phi) is 4.49. The predicted molar refractivity (Wildman–Crippen MR) is 56.9 cm³/mol. The first-order valence-corrected chi connectivity index (χ1v) is 4.66. The summed E-state index contributed by atoms with van der Waals surface area (Å²) >= 11 is 0. The van der Waals surface area contributed by atoms with Gasteiger partial charge in [0.15, 0.2) is 0 Å². The summed E-state index contributed by atoms with van der Waals surface area (Å²) in [7, 11) is 1.68. The average Bonchev–Trinajstić information content (AvgIpc) is 2.00. The minimum Gasteiger partial charge on any atom is -0.444 e. The van der Waals surface area contributed by atoms with Crippen LogP contribution >= 0.6 is 0 Å². The molecule has 0 N–H and O–H groups in total. The largest absolute Gasteiger partial charge is 0.444 e. The fourth-order valence-electron chi connectivity index (χ4n) is 0.878. The summed E-state index contributed by atoms with van der Waals surface area (Å²) in [4.78, 5) is 12.9. The van der Waals surface area contributed by atoms with E-state index in [0.717, 1.165) is 0 Å². The van der Waals surface area contributed by atoms with Gasteiger partial charge in [-0.3, -0.25) is 0 Å². The molecule has 0 saturated heterocycles. The van der Waals surface area contributed by atoms with Gasteiger partial charge in [0, 0.05) is 19.5 Å². The van der Waals surface area contributed by atoms with E-state index < -0.39 is 5.60 Å². The molecule has 3 nitrogen and oxygen atoms in total. The van der Waals surface area contributed by atoms with Crippen molar-refractivity contribution in [2.45, 2.75) is 33.3 Å². The Morgan fingerprint density at radius 1 is 1.57 bits per heavy atom. The van der Waals surface area contributed by atoms with Crippen LogP contribution in [0.25, 0.3) is 0 Å². The summed E-state index contributed by atoms with van der Waals surface area (Å²) in [5.74, 6) is 2.61. The van der Waals surface area contributed by atoms with Crippen LogP contribution in [0.15, 0.2) is 0 Å². The highest BCUT2D eigenvalue weighted by Gasteiger charge is 2.19. The minimum absolute atomic E-state index is 0.0486. The lowest BCUT2D eigenvalue weighted by Crippen LogP contribution is -2.36. The maximum Gasteiger partial charge on any atom is 0.410 e. The number of carbonyl (C=O) groups is 1. The van der Waals surface area contributed by atoms with Gasteiger partial charge in [0.25, 0.3) is 0 Å². The highest BCUT2D eigenvalue weighted by molar-refractivity contribution is 5.67. The molecule has 0 aromatic heterocycles. The summed E-state index contributed by atoms with van der Waals surface area (Å²) in [6, 6.07) is 0. The molecule has 1 amide bonds. The molecule has 0 bridgehead atoms. The molecule has 0 spiro atoms. The fourth-order valence-corrected chi connectivity index (χ4v) is 0.878. The molecule has 0 aliphatic rings. The second kappa shape index (κ2) is 4.90. The van der Waals surface area contributed by atoms with Crippen LogP contribution in [-0.2, 0) is 4.74 Å². The number of nitrogens with zero attached hydrogens (tertiary/aromatic N) is 1. The SMILES string of the molecule is C#CC(C)CN(C)C(=O)OC(C)(C)C. The predicted octanol–water partition coefficient (Wildman–Crippen LogP) is 2.12. The Balaban J connectivity index is 4.08. The van der Waals surface area contributed by atoms with Crippen LogP contribution in [0.1, 0.15) is 27.7 Å². The van der Waals surface area contributed by atoms with Gasteiger partial charge in [-0.15, -0.1) is 12.3 Å². The molecule has 0 saturated carbocycles. The van der Waals surface area contributed by atoms with Crippen LogP contribution in [0, 0.1) is 18.3 Å². The number of carbonyl (C=O) groups excluding carboxylic acids is 1. The van der Waals surface area contributed by atoms with Crippen LogP contribution < -0.4 is 0 Å². The minimum atomic E-state index is -0.454. The second-order valence-electron chi connectivity index (χ2n) is 4.43. The number of rotatable bonds is 2. The molecule has 14 heavy (non-hydrogen) atoms. The molecule has 0 radical (unpaired) electrons. The van der Waals surface area contributed by atoms with Crippen LogP contribution in [-0.4, -0.2) is 30.2 Å². The van der Waals surface area contributed by atoms with Gasteiger partial charge in [-0.25, -0.2) is 4.79 Å². The average molecular weight is 197 g/mol. The Labute approximate surface area is 86.4 Å². The lowest BCUT2D eigenvalue weighted by atomic mass is 10.2. The number of amides is 1. The molecule has 0 heterocycles. The zero-order valence-corrected chi connectivity index (χ0v) is 9.63. The fraction of sp³-hybridized carbons (Fsp3) is 0.727. The van der Waals surface area contributed by atoms with Crippen molar-refractivity contribution in [3.05, 3.63) is 0 Å². The second-order valence-corrected chi connectivity index (χ2v) is 4.43. The summed E-state index contributed by atoms with van der Waals surface area (Å²) in [6.45, 7) is 7.92. The zero-order valence-electron chi connectivity index (χ0n) is 9.63. The highest BCUT2D eigenvalue weighted by Crippen LogP contribution is 2.09. The quantitative estimate of drug-likeness (QED) is 0.635. The molecule has 0 rings (SSSR count). The molecular formula is C11H19NO2. The van der Waals surface area contributed by atoms with Crippen molar-refractivity contribution in [1.82, 2.24) is 4.90 Å². The molecule has 0 aliphatic carbocycles. The maximum absolute atomic E-state index is 11.4. The first-order valence-electron chi connectivity index (χ1n) is 4.66. The van der Waals surface area contributed by atoms with E-state index in [2.05, 4.69) is 5.92 Å². The number of hydrogen-bond acceptors (Lipinski definition) is 2. The summed E-state index contributed by atoms with van der Waals surface area (Å²) < 4.78 is 5.16. The smallest absolute Gasteiger partial charge is 0.410 e. The molecule has 0 aromatic rings. The van der Waals surface area contributed by atoms with E-state index in [1.165, 1.54) is 4.90 Å². The lowest BCUT2D eigenvalue weighted by Gasteiger charge is -2.25. The summed E-state index contributed by atoms with van der Waals surface area (Å²) in [6.07, 6.45) is 4.89. The summed E-state index contributed by atoms with van der Waals surface area (Å²) in [5, 5.41) is 0. The van der Waals surface area contributed by atoms with Crippen LogP contribution in [0.2, 0.25) is 0 Å². The third-order valence-electron chi connectivity index (χ3n) is 1.54. The molecule has 1 atom stereocenters. The van der Waals surface area contributed by atoms with E-state index in [1.54, 1.807) is 7.05 Å². The van der Waals surface area contributed by atoms with Crippen LogP contribution in [0.3, 0.4) is 0 Å². The third-order valence-corrected chi connectivity index (χ3v) is 1.54. The van der Waals surface area contributed by atoms with Crippen molar-refractivity contribution >= 4 is 6.09 Å². The van der Waals surface area contributed by atoms with Crippen molar-refractivity contribution < 1.29 is 9.53 Å². The first-order chi connectivity index (χ1) is 6.26. The normalized spacial score (nSPS) is 12.9. The molecule has 1 unspecified atom stereocenters. The van der Waals surface area contributed by atoms with Crippen molar-refractivity contribution in [2.75, 3.05) is 13.6 Å². The van der Waals surface area contributed by atoms with Gasteiger partial charge in [-0.05, 0) is 27.7 Å². The van der Waals surface area contributed by atoms with Crippen LogP contribution in [0.5, 0.6) is 0 Å². The number of hydrogen-bond donors (Lipinski definition) is 0. The van der Waals surface area contributed by atoms with Gasteiger partial charge in [0.1, 0.15) is 5.60 Å². The van der Waals surface area contributed by atoms with Crippen molar-refractivity contribution in [3.63, 3.8) is 0 Å². The Morgan fingerprint density at radius 2 is 2.07 bits per heavy atom. The van der Waals surface area contributed by atoms with Gasteiger partial charge in [0.2, 0.25) is 0 Å². The van der Waals surface area contributed by atoms with Crippen molar-refractivity contribution in [3.8, 4) is 12.3 Å². The van der Waals surface area contributed by atoms with E-state index in [1.807, 2.05) is 27.7 Å². The highest BCUT2D eigenvalue weighted by atomic mass is 16.6. The molecular weight excluding hydrogens is 178 g/mol. The number of ether oxygens (including phenoxy) is 1. The molecule has 0 aliphatic heterocycles. The number of terminal acetylenes is 1. The Bertz CT molecular complexity index is 235. The molecule has 0 aromatic carbocycles. The zero-order chi connectivity index (χ0) is 11.4. The van der Waals surface area contributed by atoms with Crippen molar-refractivity contribution in [1.29, 1.82) is 0 Å². The molecule has 80 valence electrons. The van der Waals surface area contributed by atoms with E-state index in [0.29, 0.717) is 6.54 Å². The van der Waals surface area contributed by atoms with Gasteiger partial charge in [-0.2, -0.15) is 0 Å². The van der Waals surface area contributed by atoms with Crippen LogP contribution in [0.4, 0.5) is 4.79 Å². The van der Waals surface area contributed by atoms with E-state index in [4.69, 9.17) is 11.2 Å². The monoisotopic (exact) mass is 197 g/mol. The summed E-state index contributed by atoms with van der Waals surface area (Å²) in [5.41, 5.74) is -0.454. The van der Waals surface area contributed by atoms with Crippen molar-refractivity contribution in [2.24, 2.45) is 5.92 Å². The van der Waals surface area contributed by atoms with E-state index >= 15 is 0 Å². The van der Waals surface area contributed by atoms with Gasteiger partial charge < -0.3 is 9.64 Å². The Hall–Kier alpha value is -1.17. The first kappa shape index (κ1) is 12.8. The standard InChI is InChI=1S/C11H19NO2/c1-7-9(2)8-12(6)10(13)14-11(3,4)5/h1,9H,8H2,2-6H3.